The highest BCUT2D eigenvalue weighted by molar-refractivity contribution is 5.38. The third-order valence-electron chi connectivity index (χ3n) is 5.36. The number of hydrogen-bond donors (Lipinski definition) is 0. The lowest BCUT2D eigenvalue weighted by Crippen LogP contribution is -2.27. The minimum Gasteiger partial charge on any atom is -0.367 e. The predicted molar refractivity (Wildman–Crippen MR) is 105 cm³/mol. The Morgan fingerprint density at radius 2 is 1.60 bits per heavy atom. The number of benzene rings is 2. The standard InChI is InChI=1S/C23H31NO/c1-3-24(4-2)16-17-25-23(20-11-6-5-7-12-20)22-15-14-19-10-8-9-13-21(19)18-22/h5-7,11-12,14-15,18,23H,3-4,8-10,13,16-17H2,1-2H3. The number of likely N-dealkylation sites (N-methyl/N-ethyl adjacent to an activating group) is 1. The Labute approximate surface area is 152 Å². The van der Waals surface area contributed by atoms with Crippen molar-refractivity contribution in [2.75, 3.05) is 26.2 Å². The van der Waals surface area contributed by atoms with Crippen LogP contribution in [0.25, 0.3) is 0 Å². The second kappa shape index (κ2) is 9.17. The molecule has 0 heterocycles. The number of fused-ring (bicyclic) bond motifs is 1. The van der Waals surface area contributed by atoms with Gasteiger partial charge in [0, 0.05) is 6.54 Å². The molecule has 0 bridgehead atoms. The fourth-order valence-electron chi connectivity index (χ4n) is 3.77. The highest BCUT2D eigenvalue weighted by Crippen LogP contribution is 2.30. The first-order valence-electron chi connectivity index (χ1n) is 9.82. The molecule has 1 atom stereocenters. The average Bonchev–Trinajstić information content (AvgIpc) is 2.68. The molecule has 2 aromatic rings. The maximum atomic E-state index is 6.40. The van der Waals surface area contributed by atoms with Gasteiger partial charge in [0.25, 0.3) is 0 Å². The summed E-state index contributed by atoms with van der Waals surface area (Å²) in [6, 6.07) is 17.6. The maximum Gasteiger partial charge on any atom is 0.108 e. The quantitative estimate of drug-likeness (QED) is 0.671. The molecule has 0 amide bonds. The fraction of sp³-hybridized carbons (Fsp3) is 0.478. The van der Waals surface area contributed by atoms with Gasteiger partial charge in [0.2, 0.25) is 0 Å². The van der Waals surface area contributed by atoms with Crippen LogP contribution in [0.4, 0.5) is 0 Å². The maximum absolute atomic E-state index is 6.40. The normalized spacial score (nSPS) is 15.2. The summed E-state index contributed by atoms with van der Waals surface area (Å²) in [5.74, 6) is 0. The Bertz CT molecular complexity index is 648. The molecule has 2 aromatic carbocycles. The highest BCUT2D eigenvalue weighted by atomic mass is 16.5. The third-order valence-corrected chi connectivity index (χ3v) is 5.36. The molecule has 2 heteroatoms. The summed E-state index contributed by atoms with van der Waals surface area (Å²) in [7, 11) is 0. The zero-order chi connectivity index (χ0) is 17.5. The van der Waals surface area contributed by atoms with Crippen LogP contribution >= 0.6 is 0 Å². The molecule has 0 saturated heterocycles. The highest BCUT2D eigenvalue weighted by Gasteiger charge is 2.18. The van der Waals surface area contributed by atoms with E-state index >= 15 is 0 Å². The molecule has 134 valence electrons. The molecule has 25 heavy (non-hydrogen) atoms. The van der Waals surface area contributed by atoms with Crippen LogP contribution in [0.15, 0.2) is 48.5 Å². The Kier molecular flexibility index (Phi) is 6.66. The van der Waals surface area contributed by atoms with Crippen LogP contribution in [0.5, 0.6) is 0 Å². The van der Waals surface area contributed by atoms with Crippen molar-refractivity contribution in [2.24, 2.45) is 0 Å². The Hall–Kier alpha value is -1.64. The number of hydrogen-bond acceptors (Lipinski definition) is 2. The van der Waals surface area contributed by atoms with Gasteiger partial charge in [-0.2, -0.15) is 0 Å². The molecule has 1 aliphatic carbocycles. The SMILES string of the molecule is CCN(CC)CCOC(c1ccccc1)c1ccc2c(c1)CCCC2. The Balaban J connectivity index is 1.79. The molecule has 0 aromatic heterocycles. The largest absolute Gasteiger partial charge is 0.367 e. The molecule has 0 spiro atoms. The van der Waals surface area contributed by atoms with E-state index in [0.29, 0.717) is 0 Å². The zero-order valence-electron chi connectivity index (χ0n) is 15.7. The van der Waals surface area contributed by atoms with Crippen LogP contribution < -0.4 is 0 Å². The molecule has 1 unspecified atom stereocenters. The van der Waals surface area contributed by atoms with Crippen molar-refractivity contribution in [1.82, 2.24) is 4.90 Å². The number of ether oxygens (including phenoxy) is 1. The first kappa shape index (κ1) is 18.2. The van der Waals surface area contributed by atoms with Crippen molar-refractivity contribution >= 4 is 0 Å². The van der Waals surface area contributed by atoms with Crippen LogP contribution in [-0.2, 0) is 17.6 Å². The molecule has 0 N–H and O–H groups in total. The minimum absolute atomic E-state index is 0.0315. The summed E-state index contributed by atoms with van der Waals surface area (Å²) in [6.07, 6.45) is 5.12. The lowest BCUT2D eigenvalue weighted by molar-refractivity contribution is 0.0618. The molecule has 0 saturated carbocycles. The second-order valence-electron chi connectivity index (χ2n) is 6.92. The third kappa shape index (κ3) is 4.71. The number of nitrogens with zero attached hydrogens (tertiary/aromatic N) is 1. The van der Waals surface area contributed by atoms with Crippen LogP contribution in [-0.4, -0.2) is 31.1 Å². The molecule has 0 radical (unpaired) electrons. The van der Waals surface area contributed by atoms with E-state index < -0.39 is 0 Å². The van der Waals surface area contributed by atoms with E-state index in [1.807, 2.05) is 0 Å². The van der Waals surface area contributed by atoms with Gasteiger partial charge >= 0.3 is 0 Å². The topological polar surface area (TPSA) is 12.5 Å². The summed E-state index contributed by atoms with van der Waals surface area (Å²) < 4.78 is 6.40. The van der Waals surface area contributed by atoms with Crippen molar-refractivity contribution in [1.29, 1.82) is 0 Å². The summed E-state index contributed by atoms with van der Waals surface area (Å²) in [5.41, 5.74) is 5.60. The second-order valence-corrected chi connectivity index (χ2v) is 6.92. The summed E-state index contributed by atoms with van der Waals surface area (Å²) >= 11 is 0. The molecular weight excluding hydrogens is 306 g/mol. The van der Waals surface area contributed by atoms with Gasteiger partial charge in [0.15, 0.2) is 0 Å². The Morgan fingerprint density at radius 1 is 0.880 bits per heavy atom. The summed E-state index contributed by atoms with van der Waals surface area (Å²) in [4.78, 5) is 2.41. The Morgan fingerprint density at radius 3 is 2.32 bits per heavy atom. The van der Waals surface area contributed by atoms with E-state index in [4.69, 9.17) is 4.74 Å². The van der Waals surface area contributed by atoms with Crippen molar-refractivity contribution < 1.29 is 4.74 Å². The van der Waals surface area contributed by atoms with Gasteiger partial charge in [0.05, 0.1) is 6.61 Å². The molecule has 2 nitrogen and oxygen atoms in total. The van der Waals surface area contributed by atoms with Crippen LogP contribution in [0, 0.1) is 0 Å². The predicted octanol–water partition coefficient (Wildman–Crippen LogP) is 5.01. The van der Waals surface area contributed by atoms with Gasteiger partial charge in [-0.15, -0.1) is 0 Å². The first-order chi connectivity index (χ1) is 12.3. The lowest BCUT2D eigenvalue weighted by Gasteiger charge is -2.24. The smallest absolute Gasteiger partial charge is 0.108 e. The molecule has 0 fully saturated rings. The number of aryl methyl sites for hydroxylation is 2. The number of rotatable bonds is 8. The first-order valence-corrected chi connectivity index (χ1v) is 9.82. The van der Waals surface area contributed by atoms with E-state index in [0.717, 1.165) is 26.2 Å². The monoisotopic (exact) mass is 337 g/mol. The minimum atomic E-state index is 0.0315. The van der Waals surface area contributed by atoms with E-state index in [2.05, 4.69) is 67.3 Å². The van der Waals surface area contributed by atoms with Gasteiger partial charge in [0.1, 0.15) is 6.10 Å². The fourth-order valence-corrected chi connectivity index (χ4v) is 3.77. The van der Waals surface area contributed by atoms with Crippen LogP contribution in [0.1, 0.15) is 55.0 Å². The summed E-state index contributed by atoms with van der Waals surface area (Å²) in [6.45, 7) is 8.33. The zero-order valence-corrected chi connectivity index (χ0v) is 15.7. The van der Waals surface area contributed by atoms with E-state index in [1.165, 1.54) is 47.9 Å². The molecule has 3 rings (SSSR count). The van der Waals surface area contributed by atoms with Gasteiger partial charge in [-0.25, -0.2) is 0 Å². The lowest BCUT2D eigenvalue weighted by atomic mass is 9.88. The van der Waals surface area contributed by atoms with Crippen molar-refractivity contribution in [3.05, 3.63) is 70.8 Å². The van der Waals surface area contributed by atoms with Crippen LogP contribution in [0.3, 0.4) is 0 Å². The van der Waals surface area contributed by atoms with Gasteiger partial charge in [-0.3, -0.25) is 0 Å². The van der Waals surface area contributed by atoms with Crippen molar-refractivity contribution in [2.45, 2.75) is 45.6 Å². The van der Waals surface area contributed by atoms with Crippen molar-refractivity contribution in [3.8, 4) is 0 Å². The van der Waals surface area contributed by atoms with E-state index in [1.54, 1.807) is 0 Å². The van der Waals surface area contributed by atoms with E-state index in [-0.39, 0.29) is 6.10 Å². The van der Waals surface area contributed by atoms with Gasteiger partial charge in [-0.1, -0.05) is 62.4 Å². The average molecular weight is 338 g/mol. The molecule has 0 aliphatic heterocycles. The summed E-state index contributed by atoms with van der Waals surface area (Å²) in [5, 5.41) is 0. The van der Waals surface area contributed by atoms with E-state index in [9.17, 15) is 0 Å². The molecular formula is C23H31NO. The molecule has 1 aliphatic rings. The van der Waals surface area contributed by atoms with Crippen molar-refractivity contribution in [3.63, 3.8) is 0 Å². The van der Waals surface area contributed by atoms with Crippen LogP contribution in [0.2, 0.25) is 0 Å². The van der Waals surface area contributed by atoms with Gasteiger partial charge in [-0.05, 0) is 61.0 Å². The van der Waals surface area contributed by atoms with Gasteiger partial charge < -0.3 is 9.64 Å².